The first kappa shape index (κ1) is 24.5. The van der Waals surface area contributed by atoms with E-state index in [1.54, 1.807) is 4.90 Å². The van der Waals surface area contributed by atoms with Gasteiger partial charge in [0, 0.05) is 17.8 Å². The number of aromatic nitrogens is 1. The number of hydrogen-bond acceptors (Lipinski definition) is 3. The topological polar surface area (TPSA) is 68.4 Å². The highest BCUT2D eigenvalue weighted by Gasteiger charge is 2.17. The molecule has 3 aromatic rings. The van der Waals surface area contributed by atoms with Crippen LogP contribution >= 0.6 is 0 Å². The maximum Gasteiger partial charge on any atom is 0.322 e. The van der Waals surface area contributed by atoms with Crippen LogP contribution in [-0.4, -0.2) is 47.0 Å². The number of nitrogens with one attached hydrogen (secondary N) is 2. The number of amides is 2. The number of pyridine rings is 1. The zero-order chi connectivity index (χ0) is 24.0. The summed E-state index contributed by atoms with van der Waals surface area (Å²) in [6.45, 7) is 11.7. The van der Waals surface area contributed by atoms with Gasteiger partial charge in [0.25, 0.3) is 5.56 Å². The van der Waals surface area contributed by atoms with E-state index >= 15 is 0 Å². The smallest absolute Gasteiger partial charge is 0.321 e. The second kappa shape index (κ2) is 11.1. The summed E-state index contributed by atoms with van der Waals surface area (Å²) >= 11 is 0. The first-order valence-corrected chi connectivity index (χ1v) is 11.5. The van der Waals surface area contributed by atoms with Gasteiger partial charge >= 0.3 is 6.03 Å². The van der Waals surface area contributed by atoms with E-state index in [1.807, 2.05) is 32.0 Å². The Balaban J connectivity index is 1.84. The maximum absolute atomic E-state index is 13.2. The summed E-state index contributed by atoms with van der Waals surface area (Å²) < 4.78 is 13.2. The minimum absolute atomic E-state index is 0.184. The molecule has 6 nitrogen and oxygen atoms in total. The number of benzene rings is 2. The van der Waals surface area contributed by atoms with Gasteiger partial charge in [0.1, 0.15) is 5.82 Å². The average molecular weight is 453 g/mol. The number of hydrogen-bond donors (Lipinski definition) is 2. The molecule has 0 fully saturated rings. The number of carbonyl (C=O) groups is 1. The molecule has 3 rings (SSSR count). The van der Waals surface area contributed by atoms with Crippen LogP contribution in [0.4, 0.5) is 14.9 Å². The molecule has 7 heteroatoms. The number of H-pyrrole nitrogens is 1. The zero-order valence-electron chi connectivity index (χ0n) is 19.9. The van der Waals surface area contributed by atoms with Gasteiger partial charge in [-0.1, -0.05) is 26.0 Å². The number of halogens is 1. The molecule has 0 bridgehead atoms. The predicted octanol–water partition coefficient (Wildman–Crippen LogP) is 5.05. The van der Waals surface area contributed by atoms with Crippen molar-refractivity contribution in [3.63, 3.8) is 0 Å². The van der Waals surface area contributed by atoms with Crippen LogP contribution in [0, 0.1) is 19.7 Å². The van der Waals surface area contributed by atoms with E-state index < -0.39 is 0 Å². The highest BCUT2D eigenvalue weighted by molar-refractivity contribution is 5.89. The summed E-state index contributed by atoms with van der Waals surface area (Å²) in [5.41, 5.74) is 3.83. The fourth-order valence-corrected chi connectivity index (χ4v) is 3.91. The summed E-state index contributed by atoms with van der Waals surface area (Å²) in [4.78, 5) is 32.9. The molecule has 33 heavy (non-hydrogen) atoms. The van der Waals surface area contributed by atoms with Gasteiger partial charge in [0.05, 0.1) is 12.1 Å². The number of aromatic amines is 1. The normalized spacial score (nSPS) is 11.2. The van der Waals surface area contributed by atoms with E-state index in [-0.39, 0.29) is 24.0 Å². The largest absolute Gasteiger partial charge is 0.322 e. The number of carbonyl (C=O) groups excluding carboxylic acids is 1. The van der Waals surface area contributed by atoms with Crippen molar-refractivity contribution in [3.8, 4) is 0 Å². The van der Waals surface area contributed by atoms with Gasteiger partial charge in [0.2, 0.25) is 0 Å². The first-order valence-electron chi connectivity index (χ1n) is 11.5. The molecule has 0 spiro atoms. The Bertz CT molecular complexity index is 1150. The third kappa shape index (κ3) is 6.20. The molecule has 176 valence electrons. The van der Waals surface area contributed by atoms with Crippen LogP contribution in [0.15, 0.2) is 47.3 Å². The Hall–Kier alpha value is -3.19. The number of anilines is 1. The summed E-state index contributed by atoms with van der Waals surface area (Å²) in [5.74, 6) is -0.364. The van der Waals surface area contributed by atoms with Gasteiger partial charge in [0.15, 0.2) is 0 Å². The van der Waals surface area contributed by atoms with Crippen LogP contribution in [-0.2, 0) is 6.54 Å². The van der Waals surface area contributed by atoms with Crippen molar-refractivity contribution in [2.45, 2.75) is 40.7 Å². The lowest BCUT2D eigenvalue weighted by molar-refractivity contribution is 0.202. The van der Waals surface area contributed by atoms with Crippen molar-refractivity contribution in [2.75, 3.05) is 31.5 Å². The number of rotatable bonds is 9. The molecule has 0 radical (unpaired) electrons. The Kier molecular flexibility index (Phi) is 8.22. The molecule has 1 aromatic heterocycles. The Morgan fingerprint density at radius 3 is 2.39 bits per heavy atom. The number of nitrogens with zero attached hydrogens (tertiary/aromatic N) is 2. The lowest BCUT2D eigenvalue weighted by atomic mass is 10.0. The lowest BCUT2D eigenvalue weighted by Crippen LogP contribution is -2.38. The van der Waals surface area contributed by atoms with Crippen molar-refractivity contribution in [1.29, 1.82) is 0 Å². The van der Waals surface area contributed by atoms with Gasteiger partial charge in [-0.3, -0.25) is 4.79 Å². The SMILES string of the molecule is CCN(CC)CCCN(Cc1cc2ccc(C)c(C)c2[nH]c1=O)C(=O)Nc1ccc(F)cc1. The maximum atomic E-state index is 13.2. The van der Waals surface area contributed by atoms with Gasteiger partial charge < -0.3 is 20.1 Å². The van der Waals surface area contributed by atoms with Crippen molar-refractivity contribution in [3.05, 3.63) is 75.3 Å². The molecule has 2 amide bonds. The molecule has 0 aliphatic rings. The fourth-order valence-electron chi connectivity index (χ4n) is 3.91. The second-order valence-corrected chi connectivity index (χ2v) is 8.33. The van der Waals surface area contributed by atoms with E-state index in [4.69, 9.17) is 0 Å². The molecule has 0 unspecified atom stereocenters. The summed E-state index contributed by atoms with van der Waals surface area (Å²) in [6.07, 6.45) is 0.780. The highest BCUT2D eigenvalue weighted by Crippen LogP contribution is 2.20. The van der Waals surface area contributed by atoms with Crippen molar-refractivity contribution in [1.82, 2.24) is 14.8 Å². The molecule has 0 aliphatic carbocycles. The molecule has 0 aliphatic heterocycles. The van der Waals surface area contributed by atoms with Crippen molar-refractivity contribution in [2.24, 2.45) is 0 Å². The Labute approximate surface area is 194 Å². The second-order valence-electron chi connectivity index (χ2n) is 8.33. The molecule has 0 saturated heterocycles. The fraction of sp³-hybridized carbons (Fsp3) is 0.385. The summed E-state index contributed by atoms with van der Waals surface area (Å²) in [7, 11) is 0. The van der Waals surface area contributed by atoms with E-state index in [0.717, 1.165) is 48.1 Å². The third-order valence-corrected chi connectivity index (χ3v) is 6.17. The molecule has 2 aromatic carbocycles. The summed E-state index contributed by atoms with van der Waals surface area (Å²) in [6, 6.07) is 11.2. The van der Waals surface area contributed by atoms with Crippen LogP contribution in [0.25, 0.3) is 10.9 Å². The molecule has 0 atom stereocenters. The number of fused-ring (bicyclic) bond motifs is 1. The van der Waals surface area contributed by atoms with Crippen LogP contribution in [0.5, 0.6) is 0 Å². The van der Waals surface area contributed by atoms with Gasteiger partial charge in [-0.05, 0) is 86.7 Å². The molecular formula is C26H33FN4O2. The molecular weight excluding hydrogens is 419 g/mol. The van der Waals surface area contributed by atoms with E-state index in [1.165, 1.54) is 24.3 Å². The molecule has 2 N–H and O–H groups in total. The zero-order valence-corrected chi connectivity index (χ0v) is 19.9. The lowest BCUT2D eigenvalue weighted by Gasteiger charge is -2.25. The van der Waals surface area contributed by atoms with E-state index in [0.29, 0.717) is 17.8 Å². The Morgan fingerprint density at radius 1 is 1.03 bits per heavy atom. The minimum Gasteiger partial charge on any atom is -0.321 e. The average Bonchev–Trinajstić information content (AvgIpc) is 2.80. The number of aryl methyl sites for hydroxylation is 2. The molecule has 1 heterocycles. The van der Waals surface area contributed by atoms with Crippen LogP contribution in [0.3, 0.4) is 0 Å². The minimum atomic E-state index is -0.364. The third-order valence-electron chi connectivity index (χ3n) is 6.17. The van der Waals surface area contributed by atoms with Crippen molar-refractivity contribution >= 4 is 22.6 Å². The standard InChI is InChI=1S/C26H33FN4O2/c1-5-30(6-2)14-7-15-31(26(33)28-23-12-10-22(27)11-13-23)17-21-16-20-9-8-18(3)19(4)24(20)29-25(21)32/h8-13,16H,5-7,14-15,17H2,1-4H3,(H,28,33)(H,29,32). The van der Waals surface area contributed by atoms with Gasteiger partial charge in [-0.2, -0.15) is 0 Å². The van der Waals surface area contributed by atoms with E-state index in [2.05, 4.69) is 29.0 Å². The van der Waals surface area contributed by atoms with Crippen LogP contribution in [0.1, 0.15) is 37.0 Å². The summed E-state index contributed by atoms with van der Waals surface area (Å²) in [5, 5.41) is 3.76. The van der Waals surface area contributed by atoms with Gasteiger partial charge in [-0.15, -0.1) is 0 Å². The quantitative estimate of drug-likeness (QED) is 0.477. The van der Waals surface area contributed by atoms with Gasteiger partial charge in [-0.25, -0.2) is 9.18 Å². The molecule has 0 saturated carbocycles. The first-order chi connectivity index (χ1) is 15.8. The Morgan fingerprint density at radius 2 is 1.73 bits per heavy atom. The van der Waals surface area contributed by atoms with Crippen LogP contribution in [0.2, 0.25) is 0 Å². The number of urea groups is 1. The van der Waals surface area contributed by atoms with Crippen LogP contribution < -0.4 is 10.9 Å². The monoisotopic (exact) mass is 452 g/mol. The highest BCUT2D eigenvalue weighted by atomic mass is 19.1. The van der Waals surface area contributed by atoms with E-state index in [9.17, 15) is 14.0 Å². The predicted molar refractivity (Wildman–Crippen MR) is 132 cm³/mol. The van der Waals surface area contributed by atoms with Crippen molar-refractivity contribution < 1.29 is 9.18 Å².